The van der Waals surface area contributed by atoms with Gasteiger partial charge in [0.05, 0.1) is 24.9 Å². The van der Waals surface area contributed by atoms with Crippen LogP contribution in [0.15, 0.2) is 30.3 Å². The van der Waals surface area contributed by atoms with Gasteiger partial charge in [-0.2, -0.15) is 16.9 Å². The number of rotatable bonds is 8. The molecule has 0 unspecified atom stereocenters. The molecule has 140 valence electrons. The lowest BCUT2D eigenvalue weighted by Gasteiger charge is -2.16. The van der Waals surface area contributed by atoms with E-state index in [1.165, 1.54) is 7.11 Å². The van der Waals surface area contributed by atoms with Gasteiger partial charge < -0.3 is 10.1 Å². The van der Waals surface area contributed by atoms with Gasteiger partial charge in [-0.3, -0.25) is 4.79 Å². The van der Waals surface area contributed by atoms with Gasteiger partial charge in [-0.15, -0.1) is 0 Å². The van der Waals surface area contributed by atoms with E-state index in [1.807, 2.05) is 55.1 Å². The Morgan fingerprint density at radius 2 is 1.96 bits per heavy atom. The first-order valence-electron chi connectivity index (χ1n) is 8.44. The van der Waals surface area contributed by atoms with Gasteiger partial charge in [-0.1, -0.05) is 18.2 Å². The first-order chi connectivity index (χ1) is 12.5. The topological polar surface area (TPSA) is 73.2 Å². The van der Waals surface area contributed by atoms with Gasteiger partial charge in [0.15, 0.2) is 0 Å². The molecular weight excluding hydrogens is 350 g/mol. The zero-order chi connectivity index (χ0) is 19.1. The first-order valence-corrected chi connectivity index (χ1v) is 9.84. The predicted molar refractivity (Wildman–Crippen MR) is 104 cm³/mol. The molecule has 0 bridgehead atoms. The molecule has 1 amide bonds. The van der Waals surface area contributed by atoms with E-state index in [9.17, 15) is 9.59 Å². The molecule has 0 aliphatic rings. The standard InChI is InChI=1S/C19H25N3O3S/c1-13-16(14(2)22(21-13)15-8-6-5-7-9-15)12-18(23)20-17(10-11-26-4)19(24)25-3/h5-9,17H,10-12H2,1-4H3,(H,20,23)/t17-/m1/s1. The largest absolute Gasteiger partial charge is 0.467 e. The number of para-hydroxylation sites is 1. The number of hydrogen-bond acceptors (Lipinski definition) is 5. The fourth-order valence-corrected chi connectivity index (χ4v) is 3.26. The number of aryl methyl sites for hydroxylation is 1. The smallest absolute Gasteiger partial charge is 0.328 e. The summed E-state index contributed by atoms with van der Waals surface area (Å²) < 4.78 is 6.63. The van der Waals surface area contributed by atoms with Crippen LogP contribution in [0.4, 0.5) is 0 Å². The van der Waals surface area contributed by atoms with Crippen molar-refractivity contribution in [3.8, 4) is 5.69 Å². The Morgan fingerprint density at radius 3 is 2.58 bits per heavy atom. The normalized spacial score (nSPS) is 11.8. The number of benzene rings is 1. The summed E-state index contributed by atoms with van der Waals surface area (Å²) in [6.45, 7) is 3.84. The lowest BCUT2D eigenvalue weighted by atomic mass is 10.1. The second-order valence-electron chi connectivity index (χ2n) is 6.00. The summed E-state index contributed by atoms with van der Waals surface area (Å²) in [5, 5.41) is 7.35. The first kappa shape index (κ1) is 20.0. The highest BCUT2D eigenvalue weighted by Crippen LogP contribution is 2.18. The molecule has 0 fully saturated rings. The van der Waals surface area contributed by atoms with Crippen molar-refractivity contribution in [1.29, 1.82) is 0 Å². The second kappa shape index (κ2) is 9.43. The third-order valence-electron chi connectivity index (χ3n) is 4.21. The van der Waals surface area contributed by atoms with Gasteiger partial charge in [-0.25, -0.2) is 9.48 Å². The van der Waals surface area contributed by atoms with Crippen LogP contribution in [0.5, 0.6) is 0 Å². The van der Waals surface area contributed by atoms with Crippen molar-refractivity contribution < 1.29 is 14.3 Å². The second-order valence-corrected chi connectivity index (χ2v) is 6.98. The highest BCUT2D eigenvalue weighted by atomic mass is 32.2. The molecule has 0 saturated carbocycles. The van der Waals surface area contributed by atoms with Crippen molar-refractivity contribution >= 4 is 23.6 Å². The number of amides is 1. The van der Waals surface area contributed by atoms with Crippen LogP contribution < -0.4 is 5.32 Å². The highest BCUT2D eigenvalue weighted by molar-refractivity contribution is 7.98. The molecule has 1 N–H and O–H groups in total. The molecule has 0 aliphatic heterocycles. The van der Waals surface area contributed by atoms with E-state index < -0.39 is 12.0 Å². The number of thioether (sulfide) groups is 1. The number of aromatic nitrogens is 2. The third kappa shape index (κ3) is 4.88. The van der Waals surface area contributed by atoms with E-state index in [0.717, 1.165) is 28.4 Å². The Bertz CT molecular complexity index is 759. The molecule has 6 nitrogen and oxygen atoms in total. The summed E-state index contributed by atoms with van der Waals surface area (Å²) in [5.41, 5.74) is 3.55. The number of nitrogens with zero attached hydrogens (tertiary/aromatic N) is 2. The zero-order valence-electron chi connectivity index (χ0n) is 15.6. The lowest BCUT2D eigenvalue weighted by Crippen LogP contribution is -2.42. The van der Waals surface area contributed by atoms with Crippen LogP contribution in [-0.4, -0.2) is 46.8 Å². The Morgan fingerprint density at radius 1 is 1.27 bits per heavy atom. The quantitative estimate of drug-likeness (QED) is 0.718. The number of methoxy groups -OCH3 is 1. The number of nitrogens with one attached hydrogen (secondary N) is 1. The van der Waals surface area contributed by atoms with Crippen LogP contribution in [0.1, 0.15) is 23.4 Å². The maximum atomic E-state index is 12.5. The number of ether oxygens (including phenoxy) is 1. The Labute approximate surface area is 158 Å². The molecule has 1 atom stereocenters. The Hall–Kier alpha value is -2.28. The monoisotopic (exact) mass is 375 g/mol. The third-order valence-corrected chi connectivity index (χ3v) is 4.85. The number of esters is 1. The summed E-state index contributed by atoms with van der Waals surface area (Å²) in [6, 6.07) is 9.17. The molecule has 0 radical (unpaired) electrons. The van der Waals surface area contributed by atoms with Crippen molar-refractivity contribution in [2.75, 3.05) is 19.1 Å². The fourth-order valence-electron chi connectivity index (χ4n) is 2.78. The van der Waals surface area contributed by atoms with Crippen LogP contribution in [0.25, 0.3) is 5.69 Å². The van der Waals surface area contributed by atoms with E-state index in [2.05, 4.69) is 10.4 Å². The summed E-state index contributed by atoms with van der Waals surface area (Å²) in [7, 11) is 1.33. The molecular formula is C19H25N3O3S. The summed E-state index contributed by atoms with van der Waals surface area (Å²) in [5.74, 6) is 0.144. The predicted octanol–water partition coefficient (Wildman–Crippen LogP) is 2.44. The Balaban J connectivity index is 2.13. The van der Waals surface area contributed by atoms with Gasteiger partial charge in [0.1, 0.15) is 6.04 Å². The van der Waals surface area contributed by atoms with E-state index >= 15 is 0 Å². The van der Waals surface area contributed by atoms with Gasteiger partial charge in [-0.05, 0) is 44.4 Å². The summed E-state index contributed by atoms with van der Waals surface area (Å²) in [6.07, 6.45) is 2.68. The van der Waals surface area contributed by atoms with Crippen LogP contribution >= 0.6 is 11.8 Å². The summed E-state index contributed by atoms with van der Waals surface area (Å²) in [4.78, 5) is 24.4. The van der Waals surface area contributed by atoms with Crippen molar-refractivity contribution in [3.05, 3.63) is 47.3 Å². The van der Waals surface area contributed by atoms with Gasteiger partial charge >= 0.3 is 5.97 Å². The molecule has 0 aliphatic carbocycles. The van der Waals surface area contributed by atoms with Crippen molar-refractivity contribution in [2.45, 2.75) is 32.7 Å². The minimum Gasteiger partial charge on any atom is -0.467 e. The van der Waals surface area contributed by atoms with Crippen molar-refractivity contribution in [2.24, 2.45) is 0 Å². The minimum atomic E-state index is -0.621. The van der Waals surface area contributed by atoms with Crippen LogP contribution in [0.2, 0.25) is 0 Å². The maximum absolute atomic E-state index is 12.5. The number of carbonyl (C=O) groups excluding carboxylic acids is 2. The average molecular weight is 375 g/mol. The van der Waals surface area contributed by atoms with Crippen molar-refractivity contribution in [1.82, 2.24) is 15.1 Å². The molecule has 0 saturated heterocycles. The molecule has 2 aromatic rings. The SMILES string of the molecule is COC(=O)[C@@H](CCSC)NC(=O)Cc1c(C)nn(-c2ccccc2)c1C. The Kier molecular flexibility index (Phi) is 7.26. The van der Waals surface area contributed by atoms with Gasteiger partial charge in [0.2, 0.25) is 5.91 Å². The lowest BCUT2D eigenvalue weighted by molar-refractivity contribution is -0.145. The molecule has 1 heterocycles. The molecule has 7 heteroatoms. The van der Waals surface area contributed by atoms with Crippen LogP contribution in [0.3, 0.4) is 0 Å². The van der Waals surface area contributed by atoms with Gasteiger partial charge in [0, 0.05) is 11.3 Å². The number of hydrogen-bond donors (Lipinski definition) is 1. The van der Waals surface area contributed by atoms with Crippen molar-refractivity contribution in [3.63, 3.8) is 0 Å². The number of carbonyl (C=O) groups is 2. The molecule has 1 aromatic carbocycles. The minimum absolute atomic E-state index is 0.178. The van der Waals surface area contributed by atoms with Crippen LogP contribution in [-0.2, 0) is 20.7 Å². The maximum Gasteiger partial charge on any atom is 0.328 e. The zero-order valence-corrected chi connectivity index (χ0v) is 16.4. The van der Waals surface area contributed by atoms with E-state index in [0.29, 0.717) is 6.42 Å². The van der Waals surface area contributed by atoms with Crippen LogP contribution in [0, 0.1) is 13.8 Å². The summed E-state index contributed by atoms with van der Waals surface area (Å²) >= 11 is 1.62. The molecule has 26 heavy (non-hydrogen) atoms. The van der Waals surface area contributed by atoms with E-state index in [4.69, 9.17) is 4.74 Å². The average Bonchev–Trinajstić information content (AvgIpc) is 2.93. The molecule has 2 rings (SSSR count). The van der Waals surface area contributed by atoms with Gasteiger partial charge in [0.25, 0.3) is 0 Å². The van der Waals surface area contributed by atoms with E-state index in [1.54, 1.807) is 11.8 Å². The highest BCUT2D eigenvalue weighted by Gasteiger charge is 2.23. The van der Waals surface area contributed by atoms with E-state index in [-0.39, 0.29) is 12.3 Å². The molecule has 1 aromatic heterocycles. The molecule has 0 spiro atoms. The fraction of sp³-hybridized carbons (Fsp3) is 0.421.